The molecule has 19 heavy (non-hydrogen) atoms. The van der Waals surface area contributed by atoms with Gasteiger partial charge in [0.15, 0.2) is 0 Å². The minimum atomic E-state index is 0.0112. The van der Waals surface area contributed by atoms with E-state index < -0.39 is 0 Å². The molecule has 1 aromatic rings. The second-order valence-corrected chi connectivity index (χ2v) is 5.46. The Balaban J connectivity index is 1.48. The number of hydrogen-bond acceptors (Lipinski definition) is 3. The number of fused-ring (bicyclic) bond motifs is 2. The Bertz CT molecular complexity index is 475. The van der Waals surface area contributed by atoms with Gasteiger partial charge in [0.05, 0.1) is 18.8 Å². The van der Waals surface area contributed by atoms with Gasteiger partial charge in [-0.25, -0.2) is 0 Å². The number of nitrogens with one attached hydrogen (secondary N) is 2. The van der Waals surface area contributed by atoms with Crippen molar-refractivity contribution in [3.63, 3.8) is 0 Å². The molecule has 0 spiro atoms. The molecule has 2 N–H and O–H groups in total. The van der Waals surface area contributed by atoms with Crippen LogP contribution in [0.15, 0.2) is 24.3 Å². The first-order chi connectivity index (χ1) is 9.22. The van der Waals surface area contributed by atoms with Crippen LogP contribution in [0.25, 0.3) is 0 Å². The van der Waals surface area contributed by atoms with Crippen molar-refractivity contribution >= 4 is 11.6 Å². The molecule has 1 amide bonds. The van der Waals surface area contributed by atoms with Crippen molar-refractivity contribution < 1.29 is 9.53 Å². The van der Waals surface area contributed by atoms with Crippen molar-refractivity contribution in [1.29, 1.82) is 0 Å². The third-order valence-electron chi connectivity index (χ3n) is 4.05. The summed E-state index contributed by atoms with van der Waals surface area (Å²) in [7, 11) is 0. The molecule has 3 unspecified atom stereocenters. The summed E-state index contributed by atoms with van der Waals surface area (Å²) in [5.41, 5.74) is 1.97. The van der Waals surface area contributed by atoms with Crippen LogP contribution in [0.4, 0.5) is 5.69 Å². The van der Waals surface area contributed by atoms with E-state index >= 15 is 0 Å². The predicted molar refractivity (Wildman–Crippen MR) is 74.1 cm³/mol. The van der Waals surface area contributed by atoms with Crippen molar-refractivity contribution in [2.75, 3.05) is 11.9 Å². The van der Waals surface area contributed by atoms with Gasteiger partial charge in [-0.05, 0) is 37.8 Å². The molecule has 102 valence electrons. The van der Waals surface area contributed by atoms with E-state index in [0.29, 0.717) is 24.8 Å². The van der Waals surface area contributed by atoms with E-state index in [2.05, 4.69) is 10.6 Å². The van der Waals surface area contributed by atoms with E-state index in [4.69, 9.17) is 4.74 Å². The summed E-state index contributed by atoms with van der Waals surface area (Å²) in [6, 6.07) is 8.16. The molecule has 3 rings (SSSR count). The summed E-state index contributed by atoms with van der Waals surface area (Å²) in [5, 5.41) is 6.25. The fraction of sp³-hybridized carbons (Fsp3) is 0.533. The maximum Gasteiger partial charge on any atom is 0.238 e. The number of benzene rings is 1. The third-order valence-corrected chi connectivity index (χ3v) is 4.05. The Morgan fingerprint density at radius 1 is 1.37 bits per heavy atom. The molecule has 2 heterocycles. The molecule has 2 aliphatic rings. The van der Waals surface area contributed by atoms with Gasteiger partial charge in [0.2, 0.25) is 5.91 Å². The summed E-state index contributed by atoms with van der Waals surface area (Å²) in [5.74, 6) is 0.0112. The Hall–Kier alpha value is -1.39. The topological polar surface area (TPSA) is 50.4 Å². The number of rotatable bonds is 4. The quantitative estimate of drug-likeness (QED) is 0.868. The molecule has 1 aromatic carbocycles. The lowest BCUT2D eigenvalue weighted by molar-refractivity contribution is -0.115. The van der Waals surface area contributed by atoms with E-state index in [1.807, 2.05) is 31.2 Å². The SMILES string of the molecule is Cc1ccccc1NC(=O)CNC1CC2CCC1O2. The molecule has 2 bridgehead atoms. The lowest BCUT2D eigenvalue weighted by Gasteiger charge is -2.19. The number of hydrogen-bond donors (Lipinski definition) is 2. The zero-order valence-corrected chi connectivity index (χ0v) is 11.2. The number of anilines is 1. The van der Waals surface area contributed by atoms with Crippen LogP contribution in [0, 0.1) is 6.92 Å². The molecule has 0 saturated carbocycles. The average molecular weight is 260 g/mol. The third kappa shape index (κ3) is 2.80. The smallest absolute Gasteiger partial charge is 0.238 e. The number of ether oxygens (including phenoxy) is 1. The van der Waals surface area contributed by atoms with Crippen LogP contribution >= 0.6 is 0 Å². The highest BCUT2D eigenvalue weighted by Crippen LogP contribution is 2.34. The van der Waals surface area contributed by atoms with Gasteiger partial charge in [-0.15, -0.1) is 0 Å². The van der Waals surface area contributed by atoms with Gasteiger partial charge in [-0.3, -0.25) is 4.79 Å². The van der Waals surface area contributed by atoms with Gasteiger partial charge in [0, 0.05) is 11.7 Å². The standard InChI is InChI=1S/C15H20N2O2/c1-10-4-2-3-5-12(10)17-15(18)9-16-13-8-11-6-7-14(13)19-11/h2-5,11,13-14,16H,6-9H2,1H3,(H,17,18). The number of amides is 1. The van der Waals surface area contributed by atoms with Crippen LogP contribution in [0.3, 0.4) is 0 Å². The van der Waals surface area contributed by atoms with Gasteiger partial charge in [-0.2, -0.15) is 0 Å². The molecule has 0 radical (unpaired) electrons. The summed E-state index contributed by atoms with van der Waals surface area (Å²) in [6.45, 7) is 2.35. The largest absolute Gasteiger partial charge is 0.373 e. The van der Waals surface area contributed by atoms with Gasteiger partial charge >= 0.3 is 0 Å². The van der Waals surface area contributed by atoms with Gasteiger partial charge in [0.1, 0.15) is 0 Å². The second-order valence-electron chi connectivity index (χ2n) is 5.46. The molecular weight excluding hydrogens is 240 g/mol. The second kappa shape index (κ2) is 5.31. The van der Waals surface area contributed by atoms with Crippen LogP contribution in [-0.4, -0.2) is 30.7 Å². The normalized spacial score (nSPS) is 28.6. The molecule has 2 aliphatic heterocycles. The zero-order valence-electron chi connectivity index (χ0n) is 11.2. The fourth-order valence-electron chi connectivity index (χ4n) is 2.98. The molecule has 0 aromatic heterocycles. The molecule has 3 atom stereocenters. The summed E-state index contributed by atoms with van der Waals surface area (Å²) in [6.07, 6.45) is 4.08. The Morgan fingerprint density at radius 3 is 2.89 bits per heavy atom. The van der Waals surface area contributed by atoms with E-state index in [-0.39, 0.29) is 5.91 Å². The number of para-hydroxylation sites is 1. The first kappa shape index (κ1) is 12.6. The van der Waals surface area contributed by atoms with Crippen LogP contribution in [0.5, 0.6) is 0 Å². The first-order valence-corrected chi connectivity index (χ1v) is 6.96. The molecule has 4 nitrogen and oxygen atoms in total. The van der Waals surface area contributed by atoms with Crippen molar-refractivity contribution in [3.05, 3.63) is 29.8 Å². The molecule has 2 saturated heterocycles. The summed E-state index contributed by atoms with van der Waals surface area (Å²) in [4.78, 5) is 11.9. The zero-order chi connectivity index (χ0) is 13.2. The molecule has 2 fully saturated rings. The first-order valence-electron chi connectivity index (χ1n) is 6.96. The highest BCUT2D eigenvalue weighted by Gasteiger charge is 2.40. The summed E-state index contributed by atoms with van der Waals surface area (Å²) < 4.78 is 5.76. The van der Waals surface area contributed by atoms with Crippen LogP contribution in [0.1, 0.15) is 24.8 Å². The number of aryl methyl sites for hydroxylation is 1. The maximum atomic E-state index is 11.9. The number of carbonyl (C=O) groups excluding carboxylic acids is 1. The van der Waals surface area contributed by atoms with E-state index in [0.717, 1.165) is 24.1 Å². The Morgan fingerprint density at radius 2 is 2.21 bits per heavy atom. The monoisotopic (exact) mass is 260 g/mol. The van der Waals surface area contributed by atoms with Gasteiger partial charge in [0.25, 0.3) is 0 Å². The van der Waals surface area contributed by atoms with Crippen LogP contribution < -0.4 is 10.6 Å². The molecule has 0 aliphatic carbocycles. The lowest BCUT2D eigenvalue weighted by Crippen LogP contribution is -2.41. The highest BCUT2D eigenvalue weighted by atomic mass is 16.5. The van der Waals surface area contributed by atoms with Gasteiger partial charge < -0.3 is 15.4 Å². The van der Waals surface area contributed by atoms with Crippen LogP contribution in [-0.2, 0) is 9.53 Å². The van der Waals surface area contributed by atoms with Crippen molar-refractivity contribution in [2.45, 2.75) is 44.4 Å². The van der Waals surface area contributed by atoms with Crippen molar-refractivity contribution in [2.24, 2.45) is 0 Å². The van der Waals surface area contributed by atoms with Gasteiger partial charge in [-0.1, -0.05) is 18.2 Å². The average Bonchev–Trinajstić information content (AvgIpc) is 3.01. The van der Waals surface area contributed by atoms with E-state index in [1.54, 1.807) is 0 Å². The van der Waals surface area contributed by atoms with E-state index in [1.165, 1.54) is 6.42 Å². The van der Waals surface area contributed by atoms with Crippen molar-refractivity contribution in [3.8, 4) is 0 Å². The lowest BCUT2D eigenvalue weighted by atomic mass is 9.95. The fourth-order valence-corrected chi connectivity index (χ4v) is 2.98. The highest BCUT2D eigenvalue weighted by molar-refractivity contribution is 5.92. The maximum absolute atomic E-state index is 11.9. The van der Waals surface area contributed by atoms with E-state index in [9.17, 15) is 4.79 Å². The molecular formula is C15H20N2O2. The minimum absolute atomic E-state index is 0.0112. The number of carbonyl (C=O) groups is 1. The molecule has 4 heteroatoms. The Kier molecular flexibility index (Phi) is 3.53. The minimum Gasteiger partial charge on any atom is -0.373 e. The Labute approximate surface area is 113 Å². The van der Waals surface area contributed by atoms with Crippen LogP contribution in [0.2, 0.25) is 0 Å². The van der Waals surface area contributed by atoms with Crippen molar-refractivity contribution in [1.82, 2.24) is 5.32 Å². The summed E-state index contributed by atoms with van der Waals surface area (Å²) >= 11 is 0. The predicted octanol–water partition coefficient (Wildman–Crippen LogP) is 1.84.